The molecule has 4 aliphatic rings. The first-order chi connectivity index (χ1) is 15.4. The number of carboxylic acid groups (broad SMARTS) is 1. The summed E-state index contributed by atoms with van der Waals surface area (Å²) in [6, 6.07) is 0. The Morgan fingerprint density at radius 1 is 1.21 bits per heavy atom. The molecule has 0 heterocycles. The van der Waals surface area contributed by atoms with Crippen LogP contribution in [0.5, 0.6) is 0 Å². The number of hydrogen-bond donors (Lipinski definition) is 3. The molecule has 4 heteroatoms. The molecule has 4 rings (SSSR count). The van der Waals surface area contributed by atoms with Crippen LogP contribution in [0, 0.1) is 40.4 Å². The average Bonchev–Trinajstić information content (AvgIpc) is 3.05. The van der Waals surface area contributed by atoms with Gasteiger partial charge in [0.2, 0.25) is 0 Å². The highest BCUT2D eigenvalue weighted by molar-refractivity contribution is 5.71. The van der Waals surface area contributed by atoms with Crippen LogP contribution in [-0.4, -0.2) is 33.0 Å². The Hall–Kier alpha value is -1.13. The minimum atomic E-state index is -0.792. The van der Waals surface area contributed by atoms with Gasteiger partial charge in [-0.05, 0) is 93.8 Å². The molecule has 0 amide bonds. The fourth-order valence-electron chi connectivity index (χ4n) is 8.93. The second kappa shape index (κ2) is 8.82. The van der Waals surface area contributed by atoms with Crippen LogP contribution in [0.25, 0.3) is 0 Å². The Morgan fingerprint density at radius 3 is 2.61 bits per heavy atom. The van der Waals surface area contributed by atoms with Crippen LogP contribution in [-0.2, 0) is 4.79 Å². The lowest BCUT2D eigenvalue weighted by Crippen LogP contribution is -2.51. The molecule has 186 valence electrons. The minimum Gasteiger partial charge on any atom is -0.481 e. The van der Waals surface area contributed by atoms with Crippen molar-refractivity contribution in [2.24, 2.45) is 40.4 Å². The predicted molar refractivity (Wildman–Crippen MR) is 132 cm³/mol. The van der Waals surface area contributed by atoms with Crippen molar-refractivity contribution >= 4 is 5.97 Å². The number of carbonyl (C=O) groups is 1. The Balaban J connectivity index is 1.55. The second-order valence-corrected chi connectivity index (χ2v) is 13.0. The first-order valence-corrected chi connectivity index (χ1v) is 13.4. The van der Waals surface area contributed by atoms with Crippen LogP contribution in [0.1, 0.15) is 98.8 Å². The number of carboxylic acids is 1. The monoisotopic (exact) mass is 458 g/mol. The van der Waals surface area contributed by atoms with Crippen LogP contribution in [0.3, 0.4) is 0 Å². The fourth-order valence-corrected chi connectivity index (χ4v) is 8.93. The lowest BCUT2D eigenvalue weighted by molar-refractivity contribution is -0.136. The Kier molecular flexibility index (Phi) is 6.68. The molecule has 0 spiro atoms. The molecule has 0 aliphatic heterocycles. The van der Waals surface area contributed by atoms with Gasteiger partial charge < -0.3 is 15.3 Å². The molecule has 0 aromatic rings. The molecule has 0 saturated heterocycles. The molecule has 8 atom stereocenters. The summed E-state index contributed by atoms with van der Waals surface area (Å²) >= 11 is 0. The van der Waals surface area contributed by atoms with E-state index in [9.17, 15) is 20.1 Å². The van der Waals surface area contributed by atoms with Gasteiger partial charge in [-0.25, -0.2) is 0 Å². The molecular formula is C29H46O4. The van der Waals surface area contributed by atoms with Gasteiger partial charge in [-0.3, -0.25) is 4.79 Å². The highest BCUT2D eigenvalue weighted by atomic mass is 16.4. The van der Waals surface area contributed by atoms with E-state index in [1.54, 1.807) is 0 Å². The lowest BCUT2D eigenvalue weighted by Gasteiger charge is -2.58. The average molecular weight is 459 g/mol. The zero-order valence-electron chi connectivity index (χ0n) is 21.4. The summed E-state index contributed by atoms with van der Waals surface area (Å²) in [5.41, 5.74) is 1.80. The highest BCUT2D eigenvalue weighted by Crippen LogP contribution is 2.67. The van der Waals surface area contributed by atoms with Crippen molar-refractivity contribution in [1.82, 2.24) is 0 Å². The minimum absolute atomic E-state index is 0.0386. The summed E-state index contributed by atoms with van der Waals surface area (Å²) < 4.78 is 0. The van der Waals surface area contributed by atoms with Crippen molar-refractivity contribution in [3.63, 3.8) is 0 Å². The van der Waals surface area contributed by atoms with E-state index in [0.29, 0.717) is 35.5 Å². The molecule has 0 bridgehead atoms. The number of aliphatic hydroxyl groups is 2. The lowest BCUT2D eigenvalue weighted by atomic mass is 9.46. The van der Waals surface area contributed by atoms with E-state index in [4.69, 9.17) is 0 Å². The maximum Gasteiger partial charge on any atom is 0.307 e. The smallest absolute Gasteiger partial charge is 0.307 e. The molecule has 0 aromatic heterocycles. The van der Waals surface area contributed by atoms with Crippen molar-refractivity contribution in [2.45, 2.75) is 111 Å². The third-order valence-corrected chi connectivity index (χ3v) is 10.5. The maximum atomic E-state index is 11.7. The van der Waals surface area contributed by atoms with Crippen LogP contribution >= 0.6 is 0 Å². The van der Waals surface area contributed by atoms with Crippen LogP contribution in [0.4, 0.5) is 0 Å². The summed E-state index contributed by atoms with van der Waals surface area (Å²) in [5, 5.41) is 30.1. The second-order valence-electron chi connectivity index (χ2n) is 13.0. The number of rotatable bonds is 7. The van der Waals surface area contributed by atoms with Crippen molar-refractivity contribution in [3.8, 4) is 0 Å². The van der Waals surface area contributed by atoms with Gasteiger partial charge in [0, 0.05) is 5.41 Å². The van der Waals surface area contributed by atoms with Gasteiger partial charge in [0.05, 0.1) is 18.1 Å². The zero-order chi connectivity index (χ0) is 24.2. The summed E-state index contributed by atoms with van der Waals surface area (Å²) in [4.78, 5) is 11.7. The molecule has 2 saturated carbocycles. The number of fused-ring (bicyclic) bond motifs is 5. The first-order valence-electron chi connectivity index (χ1n) is 13.4. The molecule has 0 unspecified atom stereocenters. The van der Waals surface area contributed by atoms with E-state index in [1.165, 1.54) is 31.3 Å². The quantitative estimate of drug-likeness (QED) is 0.401. The van der Waals surface area contributed by atoms with E-state index in [1.807, 2.05) is 19.9 Å². The van der Waals surface area contributed by atoms with Gasteiger partial charge >= 0.3 is 5.97 Å². The van der Waals surface area contributed by atoms with Gasteiger partial charge in [0.25, 0.3) is 0 Å². The standard InChI is InChI=1S/C29H46O4/c1-18(7-6-13-27(2,3)33)23-10-11-24-22-9-8-19-15-21(30)16-20(17-26(31)32)29(19,5)25(22)12-14-28(23,24)4/h8,16,18,21-25,30,33H,6-7,9-15,17H2,1-5H3,(H,31,32)/t18-,21-,22+,23-,24+,25+,28-,29-/m1/s1. The number of hydrogen-bond acceptors (Lipinski definition) is 3. The summed E-state index contributed by atoms with van der Waals surface area (Å²) in [7, 11) is 0. The number of allylic oxidation sites excluding steroid dienone is 1. The summed E-state index contributed by atoms with van der Waals surface area (Å²) in [6.07, 6.45) is 13.6. The Bertz CT molecular complexity index is 820. The van der Waals surface area contributed by atoms with Crippen LogP contribution < -0.4 is 0 Å². The van der Waals surface area contributed by atoms with Crippen molar-refractivity contribution in [2.75, 3.05) is 0 Å². The largest absolute Gasteiger partial charge is 0.481 e. The van der Waals surface area contributed by atoms with Crippen molar-refractivity contribution in [3.05, 3.63) is 23.3 Å². The molecule has 4 nitrogen and oxygen atoms in total. The van der Waals surface area contributed by atoms with Crippen LogP contribution in [0.2, 0.25) is 0 Å². The van der Waals surface area contributed by atoms with Gasteiger partial charge in [-0.2, -0.15) is 0 Å². The van der Waals surface area contributed by atoms with Crippen LogP contribution in [0.15, 0.2) is 23.3 Å². The normalized spacial score (nSPS) is 41.4. The molecule has 0 radical (unpaired) electrons. The zero-order valence-corrected chi connectivity index (χ0v) is 21.4. The van der Waals surface area contributed by atoms with Gasteiger partial charge in [0.15, 0.2) is 0 Å². The van der Waals surface area contributed by atoms with Crippen molar-refractivity contribution < 1.29 is 20.1 Å². The van der Waals surface area contributed by atoms with Crippen molar-refractivity contribution in [1.29, 1.82) is 0 Å². The van der Waals surface area contributed by atoms with E-state index in [-0.39, 0.29) is 11.8 Å². The van der Waals surface area contributed by atoms with E-state index in [0.717, 1.165) is 37.2 Å². The molecule has 4 aliphatic carbocycles. The molecule has 0 aromatic carbocycles. The summed E-state index contributed by atoms with van der Waals surface area (Å²) in [6.45, 7) is 11.1. The van der Waals surface area contributed by atoms with E-state index in [2.05, 4.69) is 26.8 Å². The Labute approximate surface area is 200 Å². The van der Waals surface area contributed by atoms with Gasteiger partial charge in [0.1, 0.15) is 0 Å². The molecular weight excluding hydrogens is 412 g/mol. The van der Waals surface area contributed by atoms with E-state index < -0.39 is 17.7 Å². The third-order valence-electron chi connectivity index (χ3n) is 10.5. The third kappa shape index (κ3) is 4.47. The highest BCUT2D eigenvalue weighted by Gasteiger charge is 2.59. The predicted octanol–water partition coefficient (Wildman–Crippen LogP) is 6.12. The first kappa shape index (κ1) is 25.0. The van der Waals surface area contributed by atoms with Gasteiger partial charge in [-0.15, -0.1) is 0 Å². The molecule has 3 N–H and O–H groups in total. The fraction of sp³-hybridized carbons (Fsp3) is 0.828. The topological polar surface area (TPSA) is 77.8 Å². The van der Waals surface area contributed by atoms with E-state index >= 15 is 0 Å². The number of aliphatic carboxylic acids is 1. The summed E-state index contributed by atoms with van der Waals surface area (Å²) in [5.74, 6) is 2.42. The molecule has 2 fully saturated rings. The SMILES string of the molecule is C[C@H](CCCC(C)(C)O)[C@H]1CC[C@H]2[C@@H]3CC=C4C[C@@H](O)C=C(CC(=O)O)[C@]4(C)[C@H]3CC[C@]12C. The Morgan fingerprint density at radius 2 is 1.94 bits per heavy atom. The van der Waals surface area contributed by atoms with Gasteiger partial charge in [-0.1, -0.05) is 56.9 Å². The molecule has 33 heavy (non-hydrogen) atoms. The maximum absolute atomic E-state index is 11.7. The number of aliphatic hydroxyl groups excluding tert-OH is 1.